The van der Waals surface area contributed by atoms with Gasteiger partial charge in [0.05, 0.1) is 0 Å². The lowest BCUT2D eigenvalue weighted by atomic mass is 9.96. The highest BCUT2D eigenvalue weighted by atomic mass is 32.1. The van der Waals surface area contributed by atoms with E-state index >= 15 is 0 Å². The van der Waals surface area contributed by atoms with Crippen LogP contribution in [0.1, 0.15) is 40.5 Å². The summed E-state index contributed by atoms with van der Waals surface area (Å²) in [5.41, 5.74) is 1.77. The van der Waals surface area contributed by atoms with E-state index in [4.69, 9.17) is 0 Å². The van der Waals surface area contributed by atoms with Gasteiger partial charge < -0.3 is 5.32 Å². The molecule has 15 heavy (non-hydrogen) atoms. The summed E-state index contributed by atoms with van der Waals surface area (Å²) in [4.78, 5) is 0. The lowest BCUT2D eigenvalue weighted by Crippen LogP contribution is -2.23. The summed E-state index contributed by atoms with van der Waals surface area (Å²) in [6.45, 7) is 9.04. The first-order valence-corrected chi connectivity index (χ1v) is 6.48. The fourth-order valence-electron chi connectivity index (χ4n) is 1.76. The maximum absolute atomic E-state index is 4.03. The summed E-state index contributed by atoms with van der Waals surface area (Å²) in [7, 11) is 0. The monoisotopic (exact) mass is 227 g/mol. The molecule has 0 atom stereocenters. The van der Waals surface area contributed by atoms with E-state index in [1.807, 2.05) is 0 Å². The number of nitrogens with one attached hydrogen (secondary N) is 1. The lowest BCUT2D eigenvalue weighted by molar-refractivity contribution is 0.442. The predicted molar refractivity (Wildman–Crippen MR) is 66.2 cm³/mol. The Morgan fingerprint density at radius 1 is 1.20 bits per heavy atom. The topological polar surface area (TPSA) is 37.8 Å². The van der Waals surface area contributed by atoms with E-state index in [9.17, 15) is 0 Å². The molecule has 0 radical (unpaired) electrons. The van der Waals surface area contributed by atoms with Crippen LogP contribution < -0.4 is 5.32 Å². The Kier molecular flexibility index (Phi) is 5.02. The van der Waals surface area contributed by atoms with Crippen molar-refractivity contribution in [3.8, 4) is 0 Å². The van der Waals surface area contributed by atoms with E-state index in [1.54, 1.807) is 16.8 Å². The molecule has 0 aliphatic heterocycles. The second-order valence-electron chi connectivity index (χ2n) is 4.84. The third-order valence-corrected chi connectivity index (χ3v) is 2.82. The van der Waals surface area contributed by atoms with Gasteiger partial charge in [-0.25, -0.2) is 0 Å². The zero-order valence-corrected chi connectivity index (χ0v) is 10.8. The number of hydrogen-bond donors (Lipinski definition) is 1. The molecule has 1 aromatic heterocycles. The Labute approximate surface area is 96.3 Å². The zero-order valence-electron chi connectivity index (χ0n) is 10.0. The van der Waals surface area contributed by atoms with E-state index < -0.39 is 0 Å². The third-order valence-electron chi connectivity index (χ3n) is 2.20. The van der Waals surface area contributed by atoms with E-state index in [-0.39, 0.29) is 0 Å². The van der Waals surface area contributed by atoms with Crippen LogP contribution in [-0.4, -0.2) is 16.2 Å². The van der Waals surface area contributed by atoms with Crippen molar-refractivity contribution in [1.29, 1.82) is 0 Å². The molecule has 0 spiro atoms. The van der Waals surface area contributed by atoms with Crippen molar-refractivity contribution in [3.63, 3.8) is 0 Å². The van der Waals surface area contributed by atoms with Gasteiger partial charge in [-0.15, -0.1) is 10.2 Å². The van der Waals surface area contributed by atoms with Gasteiger partial charge in [0.1, 0.15) is 5.51 Å². The van der Waals surface area contributed by atoms with Crippen LogP contribution in [0.15, 0.2) is 5.51 Å². The largest absolute Gasteiger partial charge is 0.357 e. The average Bonchev–Trinajstić information content (AvgIpc) is 2.53. The summed E-state index contributed by atoms with van der Waals surface area (Å²) < 4.78 is 0. The van der Waals surface area contributed by atoms with Gasteiger partial charge in [-0.05, 0) is 24.7 Å². The fourth-order valence-corrected chi connectivity index (χ4v) is 2.29. The van der Waals surface area contributed by atoms with Crippen LogP contribution in [0.2, 0.25) is 0 Å². The van der Waals surface area contributed by atoms with Crippen LogP contribution in [-0.2, 0) is 0 Å². The summed E-state index contributed by atoms with van der Waals surface area (Å²) in [6.07, 6.45) is 2.38. The minimum atomic E-state index is 0.526. The normalized spacial score (nSPS) is 11.7. The Hall–Kier alpha value is -0.640. The number of anilines is 1. The summed E-state index contributed by atoms with van der Waals surface area (Å²) in [5.74, 6) is 1.43. The van der Waals surface area contributed by atoms with Gasteiger partial charge in [-0.1, -0.05) is 39.0 Å². The van der Waals surface area contributed by atoms with Gasteiger partial charge in [0.15, 0.2) is 0 Å². The van der Waals surface area contributed by atoms with Gasteiger partial charge >= 0.3 is 0 Å². The van der Waals surface area contributed by atoms with Crippen LogP contribution in [0.4, 0.5) is 5.13 Å². The van der Waals surface area contributed by atoms with Crippen LogP contribution in [0.5, 0.6) is 0 Å². The first-order chi connectivity index (χ1) is 7.08. The van der Waals surface area contributed by atoms with E-state index in [0.29, 0.717) is 17.9 Å². The molecule has 0 aliphatic rings. The standard InChI is InChI=1S/C11H21N3S/c1-8(2)5-10(6-9(3)4)13-11-14-12-7-15-11/h7-10H,5-6H2,1-4H3,(H,13,14). The van der Waals surface area contributed by atoms with Crippen molar-refractivity contribution in [2.75, 3.05) is 5.32 Å². The molecule has 1 N–H and O–H groups in total. The van der Waals surface area contributed by atoms with Gasteiger partial charge in [0.25, 0.3) is 0 Å². The Balaban J connectivity index is 2.48. The number of hydrogen-bond acceptors (Lipinski definition) is 4. The Morgan fingerprint density at radius 2 is 1.80 bits per heavy atom. The molecule has 0 fully saturated rings. The number of nitrogens with zero attached hydrogens (tertiary/aromatic N) is 2. The molecule has 0 bridgehead atoms. The molecule has 3 nitrogen and oxygen atoms in total. The second kappa shape index (κ2) is 6.05. The van der Waals surface area contributed by atoms with Crippen LogP contribution in [0.25, 0.3) is 0 Å². The third kappa shape index (κ3) is 5.11. The summed E-state index contributed by atoms with van der Waals surface area (Å²) in [6, 6.07) is 0.526. The zero-order chi connectivity index (χ0) is 11.3. The molecule has 1 aromatic rings. The van der Waals surface area contributed by atoms with Crippen molar-refractivity contribution >= 4 is 16.5 Å². The maximum atomic E-state index is 4.03. The smallest absolute Gasteiger partial charge is 0.205 e. The van der Waals surface area contributed by atoms with Crippen molar-refractivity contribution < 1.29 is 0 Å². The molecule has 0 amide bonds. The highest BCUT2D eigenvalue weighted by molar-refractivity contribution is 7.13. The van der Waals surface area contributed by atoms with Gasteiger partial charge in [-0.2, -0.15) is 0 Å². The molecule has 0 aromatic carbocycles. The molecule has 1 rings (SSSR count). The number of aromatic nitrogens is 2. The molecule has 4 heteroatoms. The molecular weight excluding hydrogens is 206 g/mol. The van der Waals surface area contributed by atoms with E-state index in [1.165, 1.54) is 12.8 Å². The average molecular weight is 227 g/mol. The van der Waals surface area contributed by atoms with Crippen LogP contribution >= 0.6 is 11.3 Å². The summed E-state index contributed by atoms with van der Waals surface area (Å²) >= 11 is 1.57. The van der Waals surface area contributed by atoms with Crippen LogP contribution in [0, 0.1) is 11.8 Å². The molecule has 86 valence electrons. The quantitative estimate of drug-likeness (QED) is 0.809. The Morgan fingerprint density at radius 3 is 2.20 bits per heavy atom. The minimum absolute atomic E-state index is 0.526. The lowest BCUT2D eigenvalue weighted by Gasteiger charge is -2.21. The van der Waals surface area contributed by atoms with Crippen LogP contribution in [0.3, 0.4) is 0 Å². The minimum Gasteiger partial charge on any atom is -0.357 e. The van der Waals surface area contributed by atoms with E-state index in [0.717, 1.165) is 5.13 Å². The van der Waals surface area contributed by atoms with Gasteiger partial charge in [-0.3, -0.25) is 0 Å². The summed E-state index contributed by atoms with van der Waals surface area (Å²) in [5, 5.41) is 12.3. The highest BCUT2D eigenvalue weighted by Gasteiger charge is 2.13. The molecule has 0 saturated carbocycles. The fraction of sp³-hybridized carbons (Fsp3) is 0.818. The molecule has 0 unspecified atom stereocenters. The van der Waals surface area contributed by atoms with E-state index in [2.05, 4.69) is 43.2 Å². The molecule has 1 heterocycles. The molecule has 0 saturated heterocycles. The van der Waals surface area contributed by atoms with Crippen molar-refractivity contribution in [3.05, 3.63) is 5.51 Å². The van der Waals surface area contributed by atoms with Crippen molar-refractivity contribution in [2.45, 2.75) is 46.6 Å². The molecule has 0 aliphatic carbocycles. The highest BCUT2D eigenvalue weighted by Crippen LogP contribution is 2.19. The SMILES string of the molecule is CC(C)CC(CC(C)C)Nc1nncs1. The second-order valence-corrected chi connectivity index (χ2v) is 5.68. The first-order valence-electron chi connectivity index (χ1n) is 5.60. The first kappa shape index (κ1) is 12.4. The van der Waals surface area contributed by atoms with Gasteiger partial charge in [0.2, 0.25) is 5.13 Å². The van der Waals surface area contributed by atoms with Crippen molar-refractivity contribution in [1.82, 2.24) is 10.2 Å². The Bertz CT molecular complexity index is 247. The van der Waals surface area contributed by atoms with Crippen molar-refractivity contribution in [2.24, 2.45) is 11.8 Å². The van der Waals surface area contributed by atoms with Gasteiger partial charge in [0, 0.05) is 6.04 Å². The number of rotatable bonds is 6. The predicted octanol–water partition coefficient (Wildman–Crippen LogP) is 3.41. The molecular formula is C11H21N3S. The maximum Gasteiger partial charge on any atom is 0.205 e.